The number of rotatable bonds is 2. The van der Waals surface area contributed by atoms with E-state index in [9.17, 15) is 5.26 Å². The van der Waals surface area contributed by atoms with Crippen LogP contribution in [0.25, 0.3) is 11.1 Å². The molecular weight excluding hydrogens is 210 g/mol. The van der Waals surface area contributed by atoms with E-state index in [2.05, 4.69) is 16.4 Å². The molecule has 0 radical (unpaired) electrons. The van der Waals surface area contributed by atoms with Crippen molar-refractivity contribution in [3.63, 3.8) is 0 Å². The Morgan fingerprint density at radius 1 is 1.18 bits per heavy atom. The van der Waals surface area contributed by atoms with Crippen LogP contribution in [0.3, 0.4) is 0 Å². The molecule has 1 heterocycles. The van der Waals surface area contributed by atoms with Gasteiger partial charge >= 0.3 is 0 Å². The molecule has 1 aromatic heterocycles. The van der Waals surface area contributed by atoms with Crippen LogP contribution in [0.15, 0.2) is 36.5 Å². The summed E-state index contributed by atoms with van der Waals surface area (Å²) in [6.45, 7) is 2.04. The molecule has 0 aliphatic rings. The Morgan fingerprint density at radius 2 is 1.88 bits per heavy atom. The van der Waals surface area contributed by atoms with Crippen LogP contribution >= 0.6 is 0 Å². The lowest BCUT2D eigenvalue weighted by atomic mass is 10.0. The second-order valence-electron chi connectivity index (χ2n) is 3.81. The van der Waals surface area contributed by atoms with E-state index < -0.39 is 0 Å². The van der Waals surface area contributed by atoms with Crippen molar-refractivity contribution in [2.75, 3.05) is 12.4 Å². The van der Waals surface area contributed by atoms with Gasteiger partial charge in [-0.15, -0.1) is 0 Å². The van der Waals surface area contributed by atoms with Crippen molar-refractivity contribution in [1.82, 2.24) is 4.98 Å². The number of nitrogens with zero attached hydrogens (tertiary/aromatic N) is 2. The topological polar surface area (TPSA) is 48.7 Å². The lowest BCUT2D eigenvalue weighted by Gasteiger charge is -2.08. The van der Waals surface area contributed by atoms with Gasteiger partial charge < -0.3 is 5.32 Å². The highest BCUT2D eigenvalue weighted by molar-refractivity contribution is 5.75. The number of benzene rings is 1. The van der Waals surface area contributed by atoms with Crippen LogP contribution in [0.5, 0.6) is 0 Å². The third kappa shape index (κ3) is 2.11. The molecule has 0 bridgehead atoms. The summed E-state index contributed by atoms with van der Waals surface area (Å²) in [7, 11) is 1.77. The number of nitrogens with one attached hydrogen (secondary N) is 1. The predicted molar refractivity (Wildman–Crippen MR) is 68.7 cm³/mol. The first kappa shape index (κ1) is 11.2. The second-order valence-corrected chi connectivity index (χ2v) is 3.81. The molecule has 0 saturated heterocycles. The molecular formula is C14H13N3. The molecule has 0 aliphatic carbocycles. The Kier molecular flexibility index (Phi) is 3.06. The van der Waals surface area contributed by atoms with Crippen LogP contribution in [0.1, 0.15) is 11.1 Å². The minimum absolute atomic E-state index is 0.582. The SMILES string of the molecule is CNc1nccc(-c2ccc(C)cc2)c1C#N. The van der Waals surface area contributed by atoms with Gasteiger partial charge in [0.2, 0.25) is 0 Å². The molecule has 1 aromatic carbocycles. The van der Waals surface area contributed by atoms with Crippen molar-refractivity contribution >= 4 is 5.82 Å². The van der Waals surface area contributed by atoms with Crippen LogP contribution in [0.2, 0.25) is 0 Å². The number of anilines is 1. The van der Waals surface area contributed by atoms with E-state index in [0.717, 1.165) is 11.1 Å². The van der Waals surface area contributed by atoms with E-state index in [1.165, 1.54) is 5.56 Å². The van der Waals surface area contributed by atoms with Crippen LogP contribution in [0.4, 0.5) is 5.82 Å². The fourth-order valence-corrected chi connectivity index (χ4v) is 1.74. The summed E-state index contributed by atoms with van der Waals surface area (Å²) in [5.41, 5.74) is 3.73. The molecule has 0 aliphatic heterocycles. The van der Waals surface area contributed by atoms with Crippen molar-refractivity contribution in [3.05, 3.63) is 47.7 Å². The monoisotopic (exact) mass is 223 g/mol. The minimum atomic E-state index is 0.582. The first-order valence-electron chi connectivity index (χ1n) is 5.40. The third-order valence-corrected chi connectivity index (χ3v) is 2.66. The largest absolute Gasteiger partial charge is 0.372 e. The number of hydrogen-bond donors (Lipinski definition) is 1. The number of nitriles is 1. The Bertz CT molecular complexity index is 565. The van der Waals surface area contributed by atoms with Gasteiger partial charge in [0.05, 0.1) is 0 Å². The number of aromatic nitrogens is 1. The molecule has 2 rings (SSSR count). The minimum Gasteiger partial charge on any atom is -0.372 e. The smallest absolute Gasteiger partial charge is 0.144 e. The van der Waals surface area contributed by atoms with Gasteiger partial charge in [-0.2, -0.15) is 5.26 Å². The molecule has 0 fully saturated rings. The zero-order valence-corrected chi connectivity index (χ0v) is 9.86. The number of aryl methyl sites for hydroxylation is 1. The summed E-state index contributed by atoms with van der Waals surface area (Å²) < 4.78 is 0. The van der Waals surface area contributed by atoms with Gasteiger partial charge in [-0.25, -0.2) is 4.98 Å². The van der Waals surface area contributed by atoms with Gasteiger partial charge in [0, 0.05) is 18.8 Å². The quantitative estimate of drug-likeness (QED) is 0.851. The molecule has 0 saturated carbocycles. The summed E-state index contributed by atoms with van der Waals surface area (Å²) in [4.78, 5) is 4.14. The lowest BCUT2D eigenvalue weighted by Crippen LogP contribution is -1.97. The Morgan fingerprint density at radius 3 is 2.47 bits per heavy atom. The highest BCUT2D eigenvalue weighted by Crippen LogP contribution is 2.26. The van der Waals surface area contributed by atoms with Gasteiger partial charge in [0.15, 0.2) is 0 Å². The number of hydrogen-bond acceptors (Lipinski definition) is 3. The molecule has 3 nitrogen and oxygen atoms in total. The van der Waals surface area contributed by atoms with Gasteiger partial charge in [0.25, 0.3) is 0 Å². The fourth-order valence-electron chi connectivity index (χ4n) is 1.74. The Hall–Kier alpha value is -2.34. The van der Waals surface area contributed by atoms with E-state index in [0.29, 0.717) is 11.4 Å². The molecule has 0 amide bonds. The van der Waals surface area contributed by atoms with E-state index in [1.807, 2.05) is 37.3 Å². The second kappa shape index (κ2) is 4.67. The molecule has 0 atom stereocenters. The van der Waals surface area contributed by atoms with Gasteiger partial charge in [-0.3, -0.25) is 0 Å². The summed E-state index contributed by atoms with van der Waals surface area (Å²) in [5.74, 6) is 0.616. The van der Waals surface area contributed by atoms with E-state index in [1.54, 1.807) is 13.2 Å². The van der Waals surface area contributed by atoms with E-state index in [-0.39, 0.29) is 0 Å². The summed E-state index contributed by atoms with van der Waals surface area (Å²) in [6.07, 6.45) is 1.71. The molecule has 2 aromatic rings. The molecule has 0 spiro atoms. The van der Waals surface area contributed by atoms with Crippen LogP contribution in [-0.2, 0) is 0 Å². The summed E-state index contributed by atoms with van der Waals surface area (Å²) in [5, 5.41) is 12.2. The maximum atomic E-state index is 9.22. The van der Waals surface area contributed by atoms with Crippen molar-refractivity contribution < 1.29 is 0 Å². The highest BCUT2D eigenvalue weighted by Gasteiger charge is 2.09. The highest BCUT2D eigenvalue weighted by atomic mass is 15.0. The van der Waals surface area contributed by atoms with Crippen LogP contribution in [-0.4, -0.2) is 12.0 Å². The van der Waals surface area contributed by atoms with Crippen molar-refractivity contribution in [1.29, 1.82) is 5.26 Å². The van der Waals surface area contributed by atoms with Gasteiger partial charge in [-0.1, -0.05) is 29.8 Å². The third-order valence-electron chi connectivity index (χ3n) is 2.66. The predicted octanol–water partition coefficient (Wildman–Crippen LogP) is 2.97. The van der Waals surface area contributed by atoms with Crippen molar-refractivity contribution in [2.24, 2.45) is 0 Å². The Labute approximate surface area is 101 Å². The zero-order valence-electron chi connectivity index (χ0n) is 9.86. The Balaban J connectivity index is 2.60. The molecule has 1 N–H and O–H groups in total. The van der Waals surface area contributed by atoms with Gasteiger partial charge in [0.1, 0.15) is 17.5 Å². The maximum absolute atomic E-state index is 9.22. The van der Waals surface area contributed by atoms with Crippen molar-refractivity contribution in [3.8, 4) is 17.2 Å². The van der Waals surface area contributed by atoms with E-state index in [4.69, 9.17) is 0 Å². The van der Waals surface area contributed by atoms with Crippen molar-refractivity contribution in [2.45, 2.75) is 6.92 Å². The molecule has 3 heteroatoms. The average Bonchev–Trinajstić information content (AvgIpc) is 2.38. The lowest BCUT2D eigenvalue weighted by molar-refractivity contribution is 1.26. The van der Waals surface area contributed by atoms with Gasteiger partial charge in [-0.05, 0) is 18.6 Å². The number of pyridine rings is 1. The molecule has 0 unspecified atom stereocenters. The summed E-state index contributed by atoms with van der Waals surface area (Å²) in [6, 6.07) is 12.2. The van der Waals surface area contributed by atoms with Crippen LogP contribution in [0, 0.1) is 18.3 Å². The standard InChI is InChI=1S/C14H13N3/c1-10-3-5-11(6-4-10)12-7-8-17-14(16-2)13(12)9-15/h3-8H,1-2H3,(H,16,17). The average molecular weight is 223 g/mol. The fraction of sp³-hybridized carbons (Fsp3) is 0.143. The maximum Gasteiger partial charge on any atom is 0.144 e. The van der Waals surface area contributed by atoms with Crippen LogP contribution < -0.4 is 5.32 Å². The van der Waals surface area contributed by atoms with E-state index >= 15 is 0 Å². The first-order chi connectivity index (χ1) is 8.26. The summed E-state index contributed by atoms with van der Waals surface area (Å²) >= 11 is 0. The molecule has 17 heavy (non-hydrogen) atoms. The normalized spacial score (nSPS) is 9.71. The first-order valence-corrected chi connectivity index (χ1v) is 5.40. The molecule has 84 valence electrons. The zero-order chi connectivity index (χ0) is 12.3.